The Morgan fingerprint density at radius 2 is 2.54 bits per heavy atom. The molecule has 2 N–H and O–H groups in total. The lowest BCUT2D eigenvalue weighted by Gasteiger charge is -2.10. The van der Waals surface area contributed by atoms with E-state index in [9.17, 15) is 0 Å². The van der Waals surface area contributed by atoms with Crippen LogP contribution in [0.1, 0.15) is 20.3 Å². The minimum atomic E-state index is 0.523. The topological polar surface area (TPSA) is 53.6 Å². The Morgan fingerprint density at radius 1 is 1.69 bits per heavy atom. The van der Waals surface area contributed by atoms with Crippen molar-refractivity contribution in [1.82, 2.24) is 20.5 Å². The van der Waals surface area contributed by atoms with Crippen molar-refractivity contribution >= 4 is 11.8 Å². The van der Waals surface area contributed by atoms with Crippen LogP contribution in [0.4, 0.5) is 0 Å². The summed E-state index contributed by atoms with van der Waals surface area (Å²) in [6.45, 7) is 5.43. The van der Waals surface area contributed by atoms with Gasteiger partial charge in [-0.3, -0.25) is 5.10 Å². The summed E-state index contributed by atoms with van der Waals surface area (Å²) < 4.78 is 0. The summed E-state index contributed by atoms with van der Waals surface area (Å²) in [6, 6.07) is 0.523. The molecule has 0 fully saturated rings. The van der Waals surface area contributed by atoms with Crippen LogP contribution in [0.25, 0.3) is 0 Å². The maximum absolute atomic E-state index is 4.04. The molecule has 0 aliphatic rings. The summed E-state index contributed by atoms with van der Waals surface area (Å²) in [5, 5.41) is 10.9. The maximum Gasteiger partial charge on any atom is 0.183 e. The Balaban J connectivity index is 2.11. The second-order valence-corrected chi connectivity index (χ2v) is 3.97. The monoisotopic (exact) mass is 200 g/mol. The number of thioether (sulfide) groups is 1. The van der Waals surface area contributed by atoms with Crippen molar-refractivity contribution in [2.45, 2.75) is 31.5 Å². The van der Waals surface area contributed by atoms with E-state index in [0.29, 0.717) is 6.04 Å². The van der Waals surface area contributed by atoms with E-state index in [4.69, 9.17) is 0 Å². The molecule has 4 nitrogen and oxygen atoms in total. The quantitative estimate of drug-likeness (QED) is 0.679. The summed E-state index contributed by atoms with van der Waals surface area (Å²) in [7, 11) is 0. The zero-order valence-corrected chi connectivity index (χ0v) is 8.90. The summed E-state index contributed by atoms with van der Waals surface area (Å²) >= 11 is 1.69. The highest BCUT2D eigenvalue weighted by molar-refractivity contribution is 7.99. The molecule has 0 bridgehead atoms. The van der Waals surface area contributed by atoms with Crippen LogP contribution in [-0.2, 0) is 0 Å². The second kappa shape index (κ2) is 5.99. The molecule has 1 heterocycles. The van der Waals surface area contributed by atoms with Crippen molar-refractivity contribution < 1.29 is 0 Å². The first kappa shape index (κ1) is 10.5. The van der Waals surface area contributed by atoms with Gasteiger partial charge in [0.25, 0.3) is 0 Å². The van der Waals surface area contributed by atoms with Gasteiger partial charge < -0.3 is 5.32 Å². The first-order chi connectivity index (χ1) is 6.33. The normalized spacial score (nSPS) is 13.1. The highest BCUT2D eigenvalue weighted by Crippen LogP contribution is 2.11. The van der Waals surface area contributed by atoms with Gasteiger partial charge in [0, 0.05) is 11.8 Å². The molecule has 13 heavy (non-hydrogen) atoms. The average molecular weight is 200 g/mol. The number of nitrogens with one attached hydrogen (secondary N) is 2. The van der Waals surface area contributed by atoms with E-state index in [1.54, 1.807) is 11.8 Å². The number of hydrogen-bond acceptors (Lipinski definition) is 4. The van der Waals surface area contributed by atoms with Crippen LogP contribution < -0.4 is 5.32 Å². The molecule has 74 valence electrons. The van der Waals surface area contributed by atoms with Crippen LogP contribution in [0, 0.1) is 0 Å². The van der Waals surface area contributed by atoms with Gasteiger partial charge in [0.15, 0.2) is 5.16 Å². The molecule has 0 amide bonds. The molecule has 0 saturated heterocycles. The van der Waals surface area contributed by atoms with Crippen LogP contribution in [0.15, 0.2) is 11.5 Å². The first-order valence-corrected chi connectivity index (χ1v) is 5.53. The lowest BCUT2D eigenvalue weighted by Crippen LogP contribution is -2.28. The fourth-order valence-corrected chi connectivity index (χ4v) is 1.68. The third-order valence-electron chi connectivity index (χ3n) is 1.61. The van der Waals surface area contributed by atoms with Crippen molar-refractivity contribution in [2.24, 2.45) is 0 Å². The Labute approximate surface area is 82.9 Å². The number of H-pyrrole nitrogens is 1. The van der Waals surface area contributed by atoms with Crippen molar-refractivity contribution in [2.75, 3.05) is 12.3 Å². The zero-order chi connectivity index (χ0) is 9.52. The summed E-state index contributed by atoms with van der Waals surface area (Å²) in [5.41, 5.74) is 0. The second-order valence-electron chi connectivity index (χ2n) is 2.96. The van der Waals surface area contributed by atoms with E-state index in [1.165, 1.54) is 12.7 Å². The molecule has 1 unspecified atom stereocenters. The van der Waals surface area contributed by atoms with Crippen LogP contribution >= 0.6 is 11.8 Å². The molecule has 1 atom stereocenters. The van der Waals surface area contributed by atoms with Crippen LogP contribution in [0.2, 0.25) is 0 Å². The number of nitrogens with zero attached hydrogens (tertiary/aromatic N) is 2. The molecule has 0 aliphatic heterocycles. The number of hydrogen-bond donors (Lipinski definition) is 2. The number of aromatic amines is 1. The predicted molar refractivity (Wildman–Crippen MR) is 54.9 cm³/mol. The molecular weight excluding hydrogens is 184 g/mol. The molecule has 0 spiro atoms. The van der Waals surface area contributed by atoms with Crippen LogP contribution in [0.3, 0.4) is 0 Å². The zero-order valence-electron chi connectivity index (χ0n) is 8.08. The van der Waals surface area contributed by atoms with Crippen LogP contribution in [0.5, 0.6) is 0 Å². The Kier molecular flexibility index (Phi) is 4.85. The molecule has 5 heteroatoms. The van der Waals surface area contributed by atoms with Gasteiger partial charge in [0.2, 0.25) is 0 Å². The highest BCUT2D eigenvalue weighted by atomic mass is 32.2. The van der Waals surface area contributed by atoms with Crippen molar-refractivity contribution in [3.8, 4) is 0 Å². The number of rotatable bonds is 6. The molecule has 0 saturated carbocycles. The molecule has 0 aromatic carbocycles. The van der Waals surface area contributed by atoms with Gasteiger partial charge in [-0.2, -0.15) is 5.10 Å². The van der Waals surface area contributed by atoms with E-state index >= 15 is 0 Å². The van der Waals surface area contributed by atoms with Gasteiger partial charge in [-0.25, -0.2) is 4.98 Å². The molecule has 0 aliphatic carbocycles. The first-order valence-electron chi connectivity index (χ1n) is 4.54. The Hall–Kier alpha value is -0.550. The van der Waals surface area contributed by atoms with Gasteiger partial charge >= 0.3 is 0 Å². The van der Waals surface area contributed by atoms with Crippen molar-refractivity contribution in [3.05, 3.63) is 6.33 Å². The summed E-state index contributed by atoms with van der Waals surface area (Å²) in [5.74, 6) is 1.02. The van der Waals surface area contributed by atoms with E-state index in [2.05, 4.69) is 34.3 Å². The minimum Gasteiger partial charge on any atom is -0.313 e. The molecule has 0 radical (unpaired) electrons. The predicted octanol–water partition coefficient (Wildman–Crippen LogP) is 1.28. The average Bonchev–Trinajstić information content (AvgIpc) is 2.64. The van der Waals surface area contributed by atoms with Crippen molar-refractivity contribution in [1.29, 1.82) is 0 Å². The Morgan fingerprint density at radius 3 is 3.15 bits per heavy atom. The van der Waals surface area contributed by atoms with Crippen molar-refractivity contribution in [3.63, 3.8) is 0 Å². The number of aromatic nitrogens is 3. The maximum atomic E-state index is 4.04. The fourth-order valence-electron chi connectivity index (χ4n) is 0.917. The van der Waals surface area contributed by atoms with Gasteiger partial charge in [-0.15, -0.1) is 0 Å². The standard InChI is InChI=1S/C8H16N4S/c1-3-4-9-7(2)5-13-8-10-6-11-12-8/h6-7,9H,3-5H2,1-2H3,(H,10,11,12). The minimum absolute atomic E-state index is 0.523. The smallest absolute Gasteiger partial charge is 0.183 e. The molecule has 1 rings (SSSR count). The van der Waals surface area contributed by atoms with E-state index in [-0.39, 0.29) is 0 Å². The lowest BCUT2D eigenvalue weighted by atomic mass is 10.3. The fraction of sp³-hybridized carbons (Fsp3) is 0.750. The largest absolute Gasteiger partial charge is 0.313 e. The third kappa shape index (κ3) is 4.28. The highest BCUT2D eigenvalue weighted by Gasteiger charge is 2.02. The third-order valence-corrected chi connectivity index (χ3v) is 2.74. The van der Waals surface area contributed by atoms with Gasteiger partial charge in [-0.1, -0.05) is 18.7 Å². The lowest BCUT2D eigenvalue weighted by molar-refractivity contribution is 0.590. The molecule has 1 aromatic rings. The summed E-state index contributed by atoms with van der Waals surface area (Å²) in [6.07, 6.45) is 2.71. The van der Waals surface area contributed by atoms with E-state index < -0.39 is 0 Å². The van der Waals surface area contributed by atoms with Gasteiger partial charge in [-0.05, 0) is 19.9 Å². The molecule has 1 aromatic heterocycles. The van der Waals surface area contributed by atoms with Gasteiger partial charge in [0.05, 0.1) is 0 Å². The summed E-state index contributed by atoms with van der Waals surface area (Å²) in [4.78, 5) is 4.04. The Bertz CT molecular complexity index is 212. The SMILES string of the molecule is CCCNC(C)CSc1ncn[nH]1. The van der Waals surface area contributed by atoms with E-state index in [1.807, 2.05) is 0 Å². The van der Waals surface area contributed by atoms with Gasteiger partial charge in [0.1, 0.15) is 6.33 Å². The molecular formula is C8H16N4S. The van der Waals surface area contributed by atoms with E-state index in [0.717, 1.165) is 17.5 Å². The van der Waals surface area contributed by atoms with Crippen LogP contribution in [-0.4, -0.2) is 33.5 Å².